The van der Waals surface area contributed by atoms with Crippen LogP contribution in [0.2, 0.25) is 0 Å². The second-order valence-corrected chi connectivity index (χ2v) is 7.97. The molecule has 4 nitrogen and oxygen atoms in total. The third-order valence-electron chi connectivity index (χ3n) is 3.63. The van der Waals surface area contributed by atoms with E-state index in [-0.39, 0.29) is 21.6 Å². The number of nitrogens with one attached hydrogen (secondary N) is 1. The summed E-state index contributed by atoms with van der Waals surface area (Å²) in [6, 6.07) is 2.08. The zero-order chi connectivity index (χ0) is 15.1. The predicted octanol–water partition coefficient (Wildman–Crippen LogP) is 2.73. The van der Waals surface area contributed by atoms with E-state index in [0.717, 1.165) is 31.4 Å². The molecule has 0 atom stereocenters. The number of amides is 1. The highest BCUT2D eigenvalue weighted by Gasteiger charge is 2.34. The topological polar surface area (TPSA) is 63.2 Å². The van der Waals surface area contributed by atoms with Crippen molar-refractivity contribution in [1.82, 2.24) is 5.32 Å². The zero-order valence-electron chi connectivity index (χ0n) is 11.2. The van der Waals surface area contributed by atoms with Crippen LogP contribution in [-0.4, -0.2) is 19.9 Å². The molecule has 1 N–H and O–H groups in total. The Morgan fingerprint density at radius 1 is 1.40 bits per heavy atom. The molecule has 2 rings (SSSR count). The van der Waals surface area contributed by atoms with Crippen molar-refractivity contribution in [2.75, 3.05) is 0 Å². The smallest absolute Gasteiger partial charge is 0.261 e. The highest BCUT2D eigenvalue weighted by atomic mass is 35.7. The molecule has 0 aliphatic heterocycles. The zero-order valence-corrected chi connectivity index (χ0v) is 12.7. The van der Waals surface area contributed by atoms with Gasteiger partial charge >= 0.3 is 0 Å². The number of hydrogen-bond acceptors (Lipinski definition) is 3. The van der Waals surface area contributed by atoms with Crippen LogP contribution in [0.25, 0.3) is 0 Å². The third kappa shape index (κ3) is 2.96. The predicted molar refractivity (Wildman–Crippen MR) is 73.9 cm³/mol. The fraction of sp³-hybridized carbons (Fsp3) is 0.462. The van der Waals surface area contributed by atoms with Crippen molar-refractivity contribution in [2.45, 2.75) is 43.5 Å². The van der Waals surface area contributed by atoms with Crippen LogP contribution in [0.5, 0.6) is 0 Å². The molecule has 20 heavy (non-hydrogen) atoms. The number of halogens is 2. The maximum absolute atomic E-state index is 14.0. The van der Waals surface area contributed by atoms with Crippen molar-refractivity contribution in [3.63, 3.8) is 0 Å². The van der Waals surface area contributed by atoms with Gasteiger partial charge in [-0.2, -0.15) is 0 Å². The van der Waals surface area contributed by atoms with Gasteiger partial charge < -0.3 is 5.32 Å². The quantitative estimate of drug-likeness (QED) is 0.871. The van der Waals surface area contributed by atoms with Gasteiger partial charge in [0.15, 0.2) is 0 Å². The van der Waals surface area contributed by atoms with Crippen molar-refractivity contribution < 1.29 is 17.6 Å². The molecule has 1 aliphatic rings. The van der Waals surface area contributed by atoms with E-state index in [1.54, 1.807) is 0 Å². The molecule has 1 aromatic carbocycles. The molecule has 0 radical (unpaired) electrons. The Labute approximate surface area is 121 Å². The average molecular weight is 320 g/mol. The molecule has 0 aromatic heterocycles. The van der Waals surface area contributed by atoms with Crippen molar-refractivity contribution in [1.29, 1.82) is 0 Å². The summed E-state index contributed by atoms with van der Waals surface area (Å²) >= 11 is 0. The van der Waals surface area contributed by atoms with E-state index in [0.29, 0.717) is 0 Å². The van der Waals surface area contributed by atoms with E-state index in [9.17, 15) is 17.6 Å². The lowest BCUT2D eigenvalue weighted by atomic mass is 9.78. The lowest BCUT2D eigenvalue weighted by Crippen LogP contribution is -2.51. The number of aryl methyl sites for hydroxylation is 1. The minimum absolute atomic E-state index is 0.0654. The van der Waals surface area contributed by atoms with Gasteiger partial charge in [0.1, 0.15) is 5.82 Å². The average Bonchev–Trinajstić information content (AvgIpc) is 2.28. The Kier molecular flexibility index (Phi) is 3.81. The van der Waals surface area contributed by atoms with E-state index in [1.807, 2.05) is 6.92 Å². The summed E-state index contributed by atoms with van der Waals surface area (Å²) in [5, 5.41) is 2.74. The van der Waals surface area contributed by atoms with Crippen molar-refractivity contribution in [2.24, 2.45) is 0 Å². The summed E-state index contributed by atoms with van der Waals surface area (Å²) in [5.74, 6) is -1.34. The number of hydrogen-bond donors (Lipinski definition) is 1. The molecule has 7 heteroatoms. The first-order valence-corrected chi connectivity index (χ1v) is 8.51. The van der Waals surface area contributed by atoms with Gasteiger partial charge in [-0.1, -0.05) is 0 Å². The van der Waals surface area contributed by atoms with Crippen molar-refractivity contribution in [3.05, 3.63) is 29.1 Å². The van der Waals surface area contributed by atoms with E-state index in [4.69, 9.17) is 10.7 Å². The van der Waals surface area contributed by atoms with Crippen molar-refractivity contribution in [3.8, 4) is 0 Å². The summed E-state index contributed by atoms with van der Waals surface area (Å²) in [7, 11) is 1.24. The van der Waals surface area contributed by atoms with Crippen LogP contribution in [0.15, 0.2) is 17.0 Å². The number of carbonyl (C=O) groups is 1. The normalized spacial score (nSPS) is 17.4. The lowest BCUT2D eigenvalue weighted by molar-refractivity contribution is 0.0846. The van der Waals surface area contributed by atoms with Crippen LogP contribution >= 0.6 is 10.7 Å². The Morgan fingerprint density at radius 2 is 2.00 bits per heavy atom. The first-order chi connectivity index (χ1) is 9.12. The number of carbonyl (C=O) groups excluding carboxylic acids is 1. The highest BCUT2D eigenvalue weighted by molar-refractivity contribution is 8.13. The van der Waals surface area contributed by atoms with Gasteiger partial charge in [-0.15, -0.1) is 0 Å². The van der Waals surface area contributed by atoms with Gasteiger partial charge in [-0.3, -0.25) is 4.79 Å². The number of benzene rings is 1. The monoisotopic (exact) mass is 319 g/mol. The van der Waals surface area contributed by atoms with E-state index < -0.39 is 20.8 Å². The van der Waals surface area contributed by atoms with Crippen LogP contribution in [0.1, 0.15) is 42.1 Å². The van der Waals surface area contributed by atoms with Gasteiger partial charge in [-0.25, -0.2) is 12.8 Å². The van der Waals surface area contributed by atoms with E-state index in [1.165, 1.54) is 6.92 Å². The molecule has 0 saturated heterocycles. The van der Waals surface area contributed by atoms with Crippen molar-refractivity contribution >= 4 is 25.6 Å². The highest BCUT2D eigenvalue weighted by Crippen LogP contribution is 2.31. The fourth-order valence-corrected chi connectivity index (χ4v) is 3.06. The molecular formula is C13H15ClFNO3S. The van der Waals surface area contributed by atoms with Crippen LogP contribution < -0.4 is 5.32 Å². The molecule has 110 valence electrons. The molecule has 0 bridgehead atoms. The minimum Gasteiger partial charge on any atom is -0.347 e. The largest absolute Gasteiger partial charge is 0.347 e. The summed E-state index contributed by atoms with van der Waals surface area (Å²) in [4.78, 5) is 11.8. The maximum Gasteiger partial charge on any atom is 0.261 e. The van der Waals surface area contributed by atoms with E-state index >= 15 is 0 Å². The summed E-state index contributed by atoms with van der Waals surface area (Å²) in [6.07, 6.45) is 2.66. The maximum atomic E-state index is 14.0. The van der Waals surface area contributed by atoms with Gasteiger partial charge in [0.25, 0.3) is 15.0 Å². The molecule has 1 saturated carbocycles. The molecule has 1 fully saturated rings. The molecule has 1 aromatic rings. The SMILES string of the molecule is Cc1cc(S(=O)(=O)Cl)cc(C(=O)NC2(C)CCC2)c1F. The Bertz CT molecular complexity index is 668. The van der Waals surface area contributed by atoms with Crippen LogP contribution in [0.3, 0.4) is 0 Å². The van der Waals surface area contributed by atoms with Gasteiger partial charge in [0, 0.05) is 16.2 Å². The first kappa shape index (κ1) is 15.3. The Balaban J connectivity index is 2.40. The first-order valence-electron chi connectivity index (χ1n) is 6.20. The van der Waals surface area contributed by atoms with Gasteiger partial charge in [-0.05, 0) is 50.8 Å². The molecule has 1 amide bonds. The molecular weight excluding hydrogens is 305 g/mol. The summed E-state index contributed by atoms with van der Waals surface area (Å²) in [6.45, 7) is 3.27. The summed E-state index contributed by atoms with van der Waals surface area (Å²) < 4.78 is 36.7. The van der Waals surface area contributed by atoms with Gasteiger partial charge in [0.2, 0.25) is 0 Å². The Hall–Kier alpha value is -1.14. The van der Waals surface area contributed by atoms with Crippen LogP contribution in [0.4, 0.5) is 4.39 Å². The minimum atomic E-state index is -4.01. The van der Waals surface area contributed by atoms with E-state index in [2.05, 4.69) is 5.32 Å². The van der Waals surface area contributed by atoms with Crippen LogP contribution in [-0.2, 0) is 9.05 Å². The molecule has 0 spiro atoms. The molecule has 1 aliphatic carbocycles. The van der Waals surface area contributed by atoms with Crippen LogP contribution in [0, 0.1) is 12.7 Å². The lowest BCUT2D eigenvalue weighted by Gasteiger charge is -2.39. The standard InChI is InChI=1S/C13H15ClFNO3S/c1-8-6-9(20(14,18)19)7-10(11(8)15)12(17)16-13(2)4-3-5-13/h6-7H,3-5H2,1-2H3,(H,16,17). The number of rotatable bonds is 3. The Morgan fingerprint density at radius 3 is 2.45 bits per heavy atom. The third-order valence-corrected chi connectivity index (χ3v) is 4.96. The second kappa shape index (κ2) is 5.00. The van der Waals surface area contributed by atoms with Gasteiger partial charge in [0.05, 0.1) is 10.5 Å². The fourth-order valence-electron chi connectivity index (χ4n) is 2.22. The molecule has 0 unspecified atom stereocenters. The summed E-state index contributed by atoms with van der Waals surface area (Å²) in [5.41, 5.74) is -0.569. The second-order valence-electron chi connectivity index (χ2n) is 5.41. The molecule has 0 heterocycles.